The molecule has 0 aliphatic heterocycles. The van der Waals surface area contributed by atoms with E-state index in [0.717, 1.165) is 5.56 Å². The normalized spacial score (nSPS) is 17.0. The van der Waals surface area contributed by atoms with Crippen LogP contribution in [-0.2, 0) is 9.84 Å². The molecule has 0 bridgehead atoms. The van der Waals surface area contributed by atoms with Crippen molar-refractivity contribution in [1.82, 2.24) is 5.32 Å². The van der Waals surface area contributed by atoms with Gasteiger partial charge in [-0.1, -0.05) is 58.0 Å². The summed E-state index contributed by atoms with van der Waals surface area (Å²) in [6.07, 6.45) is 0. The van der Waals surface area contributed by atoms with Crippen molar-refractivity contribution in [2.24, 2.45) is 11.8 Å². The summed E-state index contributed by atoms with van der Waals surface area (Å²) < 4.78 is 26.1. The summed E-state index contributed by atoms with van der Waals surface area (Å²) in [5, 5.41) is 2.45. The van der Waals surface area contributed by atoms with E-state index in [1.165, 1.54) is 0 Å². The lowest BCUT2D eigenvalue weighted by molar-refractivity contribution is 0.430. The first-order chi connectivity index (χ1) is 9.73. The zero-order valence-corrected chi connectivity index (χ0v) is 14.8. The smallest absolute Gasteiger partial charge is 0.158 e. The monoisotopic (exact) mass is 311 g/mol. The van der Waals surface area contributed by atoms with Crippen molar-refractivity contribution in [1.29, 1.82) is 0 Å². The van der Waals surface area contributed by atoms with Crippen molar-refractivity contribution in [3.8, 4) is 0 Å². The SMILES string of the molecule is CNC(c1ccccc1)C(C(C)C)S(=O)(=O)C(C)C(C)C. The Bertz CT molecular complexity index is 523. The fraction of sp³-hybridized carbons (Fsp3) is 0.647. The van der Waals surface area contributed by atoms with Gasteiger partial charge in [-0.05, 0) is 31.4 Å². The quantitative estimate of drug-likeness (QED) is 0.839. The molecule has 0 saturated carbocycles. The van der Waals surface area contributed by atoms with Crippen LogP contribution < -0.4 is 5.32 Å². The molecule has 0 aliphatic carbocycles. The highest BCUT2D eigenvalue weighted by Gasteiger charge is 2.40. The standard InChI is InChI=1S/C17H29NO2S/c1-12(2)14(5)21(19,20)17(13(3)4)16(18-6)15-10-8-7-9-11-15/h7-14,16-18H,1-6H3. The van der Waals surface area contributed by atoms with Gasteiger partial charge in [-0.2, -0.15) is 0 Å². The van der Waals surface area contributed by atoms with Crippen LogP contribution in [0.15, 0.2) is 30.3 Å². The minimum atomic E-state index is -3.22. The van der Waals surface area contributed by atoms with Gasteiger partial charge in [0.1, 0.15) is 0 Å². The van der Waals surface area contributed by atoms with Gasteiger partial charge in [0.25, 0.3) is 0 Å². The van der Waals surface area contributed by atoms with Gasteiger partial charge in [0.2, 0.25) is 0 Å². The fourth-order valence-electron chi connectivity index (χ4n) is 2.76. The third-order valence-corrected chi connectivity index (χ3v) is 7.45. The molecule has 3 atom stereocenters. The molecule has 120 valence electrons. The molecule has 0 aromatic heterocycles. The van der Waals surface area contributed by atoms with E-state index in [0.29, 0.717) is 0 Å². The highest BCUT2D eigenvalue weighted by molar-refractivity contribution is 7.92. The lowest BCUT2D eigenvalue weighted by Gasteiger charge is -2.33. The molecule has 1 aromatic carbocycles. The molecule has 0 fully saturated rings. The highest BCUT2D eigenvalue weighted by atomic mass is 32.2. The summed E-state index contributed by atoms with van der Waals surface area (Å²) in [6.45, 7) is 9.74. The van der Waals surface area contributed by atoms with Gasteiger partial charge in [0, 0.05) is 6.04 Å². The Labute approximate surface area is 130 Å². The van der Waals surface area contributed by atoms with E-state index in [2.05, 4.69) is 5.32 Å². The molecule has 0 spiro atoms. The second-order valence-corrected chi connectivity index (χ2v) is 8.89. The minimum Gasteiger partial charge on any atom is -0.312 e. The third-order valence-electron chi connectivity index (χ3n) is 4.29. The highest BCUT2D eigenvalue weighted by Crippen LogP contribution is 2.31. The number of nitrogens with one attached hydrogen (secondary N) is 1. The average Bonchev–Trinajstić information content (AvgIpc) is 2.43. The van der Waals surface area contributed by atoms with Crippen LogP contribution in [0.25, 0.3) is 0 Å². The molecule has 1 rings (SSSR count). The zero-order valence-electron chi connectivity index (χ0n) is 14.0. The van der Waals surface area contributed by atoms with Gasteiger partial charge in [0.05, 0.1) is 10.5 Å². The summed E-state index contributed by atoms with van der Waals surface area (Å²) in [7, 11) is -1.39. The average molecular weight is 311 g/mol. The van der Waals surface area contributed by atoms with E-state index in [1.54, 1.807) is 0 Å². The maximum atomic E-state index is 13.0. The first-order valence-electron chi connectivity index (χ1n) is 7.68. The van der Waals surface area contributed by atoms with Gasteiger partial charge in [0.15, 0.2) is 9.84 Å². The van der Waals surface area contributed by atoms with Crippen LogP contribution in [0.2, 0.25) is 0 Å². The Balaban J connectivity index is 3.28. The maximum Gasteiger partial charge on any atom is 0.158 e. The number of sulfone groups is 1. The number of hydrogen-bond donors (Lipinski definition) is 1. The van der Waals surface area contributed by atoms with E-state index >= 15 is 0 Å². The van der Waals surface area contributed by atoms with Crippen molar-refractivity contribution < 1.29 is 8.42 Å². The Hall–Kier alpha value is -0.870. The third kappa shape index (κ3) is 4.07. The molecular weight excluding hydrogens is 282 g/mol. The lowest BCUT2D eigenvalue weighted by atomic mass is 9.96. The molecule has 1 aromatic rings. The Morgan fingerprint density at radius 2 is 1.43 bits per heavy atom. The number of rotatable bonds is 7. The van der Waals surface area contributed by atoms with E-state index in [9.17, 15) is 8.42 Å². The molecule has 3 nitrogen and oxygen atoms in total. The van der Waals surface area contributed by atoms with Crippen LogP contribution in [0.3, 0.4) is 0 Å². The molecule has 3 unspecified atom stereocenters. The molecule has 0 amide bonds. The second-order valence-electron chi connectivity index (χ2n) is 6.42. The summed E-state index contributed by atoms with van der Waals surface area (Å²) in [5.74, 6) is 0.165. The minimum absolute atomic E-state index is 0.0499. The predicted molar refractivity (Wildman–Crippen MR) is 90.1 cm³/mol. The lowest BCUT2D eigenvalue weighted by Crippen LogP contribution is -2.44. The van der Waals surface area contributed by atoms with Crippen molar-refractivity contribution in [2.75, 3.05) is 7.05 Å². The van der Waals surface area contributed by atoms with Crippen molar-refractivity contribution in [3.63, 3.8) is 0 Å². The summed E-state index contributed by atoms with van der Waals surface area (Å²) in [6, 6.07) is 9.66. The Morgan fingerprint density at radius 1 is 0.905 bits per heavy atom. The largest absolute Gasteiger partial charge is 0.312 e. The number of benzene rings is 1. The van der Waals surface area contributed by atoms with E-state index < -0.39 is 15.1 Å². The van der Waals surface area contributed by atoms with Gasteiger partial charge in [-0.15, -0.1) is 0 Å². The van der Waals surface area contributed by atoms with E-state index in [-0.39, 0.29) is 23.1 Å². The summed E-state index contributed by atoms with van der Waals surface area (Å²) >= 11 is 0. The van der Waals surface area contributed by atoms with Crippen LogP contribution in [0.5, 0.6) is 0 Å². The topological polar surface area (TPSA) is 46.2 Å². The molecule has 0 saturated heterocycles. The maximum absolute atomic E-state index is 13.0. The number of hydrogen-bond acceptors (Lipinski definition) is 3. The van der Waals surface area contributed by atoms with E-state index in [1.807, 2.05) is 72.0 Å². The first-order valence-corrected chi connectivity index (χ1v) is 9.29. The molecule has 0 aliphatic rings. The molecule has 1 N–H and O–H groups in total. The zero-order chi connectivity index (χ0) is 16.2. The van der Waals surface area contributed by atoms with Crippen LogP contribution in [0, 0.1) is 11.8 Å². The molecule has 21 heavy (non-hydrogen) atoms. The van der Waals surface area contributed by atoms with Gasteiger partial charge in [-0.3, -0.25) is 0 Å². The molecule has 0 heterocycles. The van der Waals surface area contributed by atoms with Gasteiger partial charge >= 0.3 is 0 Å². The predicted octanol–water partition coefficient (Wildman–Crippen LogP) is 3.43. The van der Waals surface area contributed by atoms with Crippen LogP contribution >= 0.6 is 0 Å². The fourth-order valence-corrected chi connectivity index (χ4v) is 5.45. The Morgan fingerprint density at radius 3 is 1.81 bits per heavy atom. The Kier molecular flexibility index (Phi) is 6.41. The van der Waals surface area contributed by atoms with Crippen molar-refractivity contribution in [2.45, 2.75) is 51.2 Å². The van der Waals surface area contributed by atoms with E-state index in [4.69, 9.17) is 0 Å². The van der Waals surface area contributed by atoms with Crippen LogP contribution in [-0.4, -0.2) is 26.0 Å². The van der Waals surface area contributed by atoms with Crippen molar-refractivity contribution in [3.05, 3.63) is 35.9 Å². The van der Waals surface area contributed by atoms with Gasteiger partial charge in [-0.25, -0.2) is 8.42 Å². The summed E-state index contributed by atoms with van der Waals surface area (Å²) in [5.41, 5.74) is 1.03. The van der Waals surface area contributed by atoms with Crippen molar-refractivity contribution >= 4 is 9.84 Å². The first kappa shape index (κ1) is 18.2. The van der Waals surface area contributed by atoms with Crippen LogP contribution in [0.1, 0.15) is 46.2 Å². The second kappa shape index (κ2) is 7.41. The van der Waals surface area contributed by atoms with Crippen LogP contribution in [0.4, 0.5) is 0 Å². The molecule has 0 radical (unpaired) electrons. The molecular formula is C17H29NO2S. The van der Waals surface area contributed by atoms with Gasteiger partial charge < -0.3 is 5.32 Å². The molecule has 4 heteroatoms. The summed E-state index contributed by atoms with van der Waals surface area (Å²) in [4.78, 5) is 0.